The molecule has 1 aromatic rings. The van der Waals surface area contributed by atoms with Crippen molar-refractivity contribution >= 4 is 17.5 Å². The fraction of sp³-hybridized carbons (Fsp3) is 0.533. The van der Waals surface area contributed by atoms with Gasteiger partial charge in [0.15, 0.2) is 6.10 Å². The van der Waals surface area contributed by atoms with E-state index in [-0.39, 0.29) is 11.4 Å². The molecule has 0 heterocycles. The third-order valence-electron chi connectivity index (χ3n) is 2.59. The average Bonchev–Trinajstić information content (AvgIpc) is 2.28. The van der Waals surface area contributed by atoms with Gasteiger partial charge < -0.3 is 15.2 Å². The van der Waals surface area contributed by atoms with Crippen LogP contribution >= 0.6 is 11.6 Å². The van der Waals surface area contributed by atoms with E-state index in [9.17, 15) is 9.90 Å². The first-order valence-corrected chi connectivity index (χ1v) is 6.94. The molecule has 0 saturated carbocycles. The number of benzene rings is 1. The van der Waals surface area contributed by atoms with Crippen LogP contribution in [0, 0.1) is 0 Å². The molecule has 2 atom stereocenters. The Bertz CT molecular complexity index is 480. The molecular formula is C15H22ClNO3. The van der Waals surface area contributed by atoms with E-state index in [0.29, 0.717) is 16.3 Å². The van der Waals surface area contributed by atoms with Crippen LogP contribution in [-0.4, -0.2) is 22.7 Å². The summed E-state index contributed by atoms with van der Waals surface area (Å²) in [5.74, 6) is 0.255. The largest absolute Gasteiger partial charge is 0.481 e. The number of ether oxygens (including phenoxy) is 1. The van der Waals surface area contributed by atoms with E-state index >= 15 is 0 Å². The van der Waals surface area contributed by atoms with Gasteiger partial charge >= 0.3 is 0 Å². The Hall–Kier alpha value is -1.26. The molecule has 0 bridgehead atoms. The summed E-state index contributed by atoms with van der Waals surface area (Å²) < 4.78 is 5.64. The van der Waals surface area contributed by atoms with Gasteiger partial charge in [0.05, 0.1) is 6.10 Å². The molecule has 2 N–H and O–H groups in total. The van der Waals surface area contributed by atoms with Crippen LogP contribution in [0.25, 0.3) is 0 Å². The molecule has 1 unspecified atom stereocenters. The van der Waals surface area contributed by atoms with Crippen LogP contribution in [0.2, 0.25) is 5.02 Å². The maximum Gasteiger partial charge on any atom is 0.261 e. The topological polar surface area (TPSA) is 58.6 Å². The number of nitrogens with one attached hydrogen (secondary N) is 1. The molecule has 0 fully saturated rings. The second-order valence-electron chi connectivity index (χ2n) is 5.86. The maximum atomic E-state index is 12.0. The molecule has 5 heteroatoms. The lowest BCUT2D eigenvalue weighted by atomic mass is 10.1. The molecule has 1 amide bonds. The van der Waals surface area contributed by atoms with Gasteiger partial charge in [0.25, 0.3) is 5.91 Å². The fourth-order valence-electron chi connectivity index (χ4n) is 1.67. The summed E-state index contributed by atoms with van der Waals surface area (Å²) in [5, 5.41) is 13.1. The van der Waals surface area contributed by atoms with Crippen molar-refractivity contribution in [1.82, 2.24) is 5.32 Å². The van der Waals surface area contributed by atoms with Gasteiger partial charge in [0.1, 0.15) is 5.75 Å². The lowest BCUT2D eigenvalue weighted by molar-refractivity contribution is -0.128. The molecule has 4 nitrogen and oxygen atoms in total. The minimum Gasteiger partial charge on any atom is -0.481 e. The third-order valence-corrected chi connectivity index (χ3v) is 2.83. The Morgan fingerprint density at radius 1 is 1.35 bits per heavy atom. The molecule has 112 valence electrons. The van der Waals surface area contributed by atoms with Crippen molar-refractivity contribution in [2.75, 3.05) is 0 Å². The number of aliphatic hydroxyl groups is 1. The quantitative estimate of drug-likeness (QED) is 0.898. The number of amides is 1. The molecule has 1 rings (SSSR count). The van der Waals surface area contributed by atoms with Crippen LogP contribution in [0.3, 0.4) is 0 Å². The standard InChI is InChI=1S/C15H22ClNO3/c1-9(18)12-8-11(16)6-7-13(12)20-10(2)14(19)17-15(3,4)5/h6-10,18H,1-5H3,(H,17,19)/t9-,10?/m0/s1. The van der Waals surface area contributed by atoms with Crippen LogP contribution in [0.5, 0.6) is 5.75 Å². The van der Waals surface area contributed by atoms with Crippen molar-refractivity contribution in [3.63, 3.8) is 0 Å². The maximum absolute atomic E-state index is 12.0. The Balaban J connectivity index is 2.85. The summed E-state index contributed by atoms with van der Waals surface area (Å²) in [4.78, 5) is 12.0. The SMILES string of the molecule is CC(Oc1ccc(Cl)cc1[C@H](C)O)C(=O)NC(C)(C)C. The first-order valence-electron chi connectivity index (χ1n) is 6.56. The number of carbonyl (C=O) groups excluding carboxylic acids is 1. The van der Waals surface area contributed by atoms with Crippen molar-refractivity contribution in [2.45, 2.75) is 52.4 Å². The minimum absolute atomic E-state index is 0.205. The van der Waals surface area contributed by atoms with Gasteiger partial charge in [-0.2, -0.15) is 0 Å². The van der Waals surface area contributed by atoms with E-state index in [1.54, 1.807) is 32.0 Å². The molecule has 0 aliphatic rings. The molecule has 1 aromatic carbocycles. The van der Waals surface area contributed by atoms with E-state index in [0.717, 1.165) is 0 Å². The highest BCUT2D eigenvalue weighted by Crippen LogP contribution is 2.29. The van der Waals surface area contributed by atoms with Crippen LogP contribution in [0.15, 0.2) is 18.2 Å². The summed E-state index contributed by atoms with van der Waals surface area (Å²) in [7, 11) is 0. The predicted molar refractivity (Wildman–Crippen MR) is 80.1 cm³/mol. The van der Waals surface area contributed by atoms with E-state index in [4.69, 9.17) is 16.3 Å². The van der Waals surface area contributed by atoms with Gasteiger partial charge in [-0.25, -0.2) is 0 Å². The van der Waals surface area contributed by atoms with Gasteiger partial charge in [-0.3, -0.25) is 4.79 Å². The molecule has 20 heavy (non-hydrogen) atoms. The van der Waals surface area contributed by atoms with E-state index in [1.807, 2.05) is 20.8 Å². The second kappa shape index (κ2) is 6.46. The highest BCUT2D eigenvalue weighted by atomic mass is 35.5. The minimum atomic E-state index is -0.721. The summed E-state index contributed by atoms with van der Waals surface area (Å²) in [5.41, 5.74) is 0.245. The van der Waals surface area contributed by atoms with Gasteiger partial charge in [0.2, 0.25) is 0 Å². The molecule has 0 saturated heterocycles. The normalized spacial score (nSPS) is 14.6. The Kier molecular flexibility index (Phi) is 5.42. The number of hydrogen-bond acceptors (Lipinski definition) is 3. The van der Waals surface area contributed by atoms with Crippen molar-refractivity contribution in [3.8, 4) is 5.75 Å². The number of aliphatic hydroxyl groups excluding tert-OH is 1. The Labute approximate surface area is 125 Å². The predicted octanol–water partition coefficient (Wildman–Crippen LogP) is 3.08. The monoisotopic (exact) mass is 299 g/mol. The van der Waals surface area contributed by atoms with Gasteiger partial charge in [0, 0.05) is 16.1 Å². The molecule has 0 aromatic heterocycles. The zero-order valence-electron chi connectivity index (χ0n) is 12.5. The molecule has 0 radical (unpaired) electrons. The first kappa shape index (κ1) is 16.8. The third kappa shape index (κ3) is 5.02. The van der Waals surface area contributed by atoms with Crippen molar-refractivity contribution in [2.24, 2.45) is 0 Å². The molecule has 0 spiro atoms. The molecule has 0 aliphatic carbocycles. The van der Waals surface area contributed by atoms with Crippen LogP contribution < -0.4 is 10.1 Å². The smallest absolute Gasteiger partial charge is 0.261 e. The van der Waals surface area contributed by atoms with Crippen molar-refractivity contribution in [1.29, 1.82) is 0 Å². The van der Waals surface area contributed by atoms with Gasteiger partial charge in [-0.15, -0.1) is 0 Å². The summed E-state index contributed by atoms with van der Waals surface area (Å²) in [6.07, 6.45) is -1.38. The first-order chi connectivity index (χ1) is 9.10. The lowest BCUT2D eigenvalue weighted by Gasteiger charge is -2.24. The number of carbonyl (C=O) groups is 1. The van der Waals surface area contributed by atoms with Gasteiger partial charge in [-0.1, -0.05) is 11.6 Å². The van der Waals surface area contributed by atoms with Crippen molar-refractivity contribution < 1.29 is 14.6 Å². The van der Waals surface area contributed by atoms with Crippen LogP contribution in [-0.2, 0) is 4.79 Å². The Morgan fingerprint density at radius 2 is 1.95 bits per heavy atom. The van der Waals surface area contributed by atoms with Crippen molar-refractivity contribution in [3.05, 3.63) is 28.8 Å². The molecular weight excluding hydrogens is 278 g/mol. The summed E-state index contributed by atoms with van der Waals surface area (Å²) >= 11 is 5.90. The number of halogens is 1. The Morgan fingerprint density at radius 3 is 2.45 bits per heavy atom. The van der Waals surface area contributed by atoms with E-state index in [1.165, 1.54) is 0 Å². The zero-order chi connectivity index (χ0) is 15.5. The second-order valence-corrected chi connectivity index (χ2v) is 6.29. The van der Waals surface area contributed by atoms with E-state index < -0.39 is 12.2 Å². The number of rotatable bonds is 4. The van der Waals surface area contributed by atoms with Crippen LogP contribution in [0.4, 0.5) is 0 Å². The van der Waals surface area contributed by atoms with Crippen LogP contribution in [0.1, 0.15) is 46.3 Å². The average molecular weight is 300 g/mol. The van der Waals surface area contributed by atoms with E-state index in [2.05, 4.69) is 5.32 Å². The summed E-state index contributed by atoms with van der Waals surface area (Å²) in [6, 6.07) is 4.96. The van der Waals surface area contributed by atoms with Gasteiger partial charge in [-0.05, 0) is 52.8 Å². The zero-order valence-corrected chi connectivity index (χ0v) is 13.3. The highest BCUT2D eigenvalue weighted by Gasteiger charge is 2.22. The number of hydrogen-bond donors (Lipinski definition) is 2. The summed E-state index contributed by atoms with van der Waals surface area (Å²) in [6.45, 7) is 9.00. The molecule has 0 aliphatic heterocycles. The highest BCUT2D eigenvalue weighted by molar-refractivity contribution is 6.30. The lowest BCUT2D eigenvalue weighted by Crippen LogP contribution is -2.46. The fourth-order valence-corrected chi connectivity index (χ4v) is 1.85.